The number of carbonyl (C=O) groups is 1. The number of benzene rings is 1. The number of aromatic nitrogens is 2. The lowest BCUT2D eigenvalue weighted by atomic mass is 10.2. The molecule has 6 nitrogen and oxygen atoms in total. The van der Waals surface area contributed by atoms with E-state index in [0.717, 1.165) is 0 Å². The van der Waals surface area contributed by atoms with E-state index in [2.05, 4.69) is 10.1 Å². The predicted octanol–water partition coefficient (Wildman–Crippen LogP) is 2.61. The van der Waals surface area contributed by atoms with Crippen molar-refractivity contribution in [2.75, 3.05) is 14.2 Å². The summed E-state index contributed by atoms with van der Waals surface area (Å²) in [5, 5.41) is 4.07. The van der Waals surface area contributed by atoms with Gasteiger partial charge in [-0.3, -0.25) is 4.79 Å². The van der Waals surface area contributed by atoms with Crippen molar-refractivity contribution in [2.24, 2.45) is 0 Å². The van der Waals surface area contributed by atoms with Crippen molar-refractivity contribution in [3.8, 4) is 22.9 Å². The van der Waals surface area contributed by atoms with Crippen LogP contribution >= 0.6 is 11.6 Å². The molecule has 2 rings (SSSR count). The summed E-state index contributed by atoms with van der Waals surface area (Å²) in [6.45, 7) is 1.35. The van der Waals surface area contributed by atoms with Gasteiger partial charge in [0, 0.05) is 12.5 Å². The number of methoxy groups -OCH3 is 2. The van der Waals surface area contributed by atoms with Gasteiger partial charge in [-0.25, -0.2) is 0 Å². The van der Waals surface area contributed by atoms with Crippen molar-refractivity contribution in [1.82, 2.24) is 10.1 Å². The zero-order valence-corrected chi connectivity index (χ0v) is 11.3. The zero-order chi connectivity index (χ0) is 14.0. The molecule has 0 fully saturated rings. The molecular formula is C12H11ClN2O4. The van der Waals surface area contributed by atoms with Crippen LogP contribution < -0.4 is 9.47 Å². The lowest BCUT2D eigenvalue weighted by molar-refractivity contribution is 0.0972. The summed E-state index contributed by atoms with van der Waals surface area (Å²) >= 11 is 6.07. The van der Waals surface area contributed by atoms with E-state index in [-0.39, 0.29) is 17.5 Å². The van der Waals surface area contributed by atoms with Gasteiger partial charge in [0.15, 0.2) is 11.5 Å². The van der Waals surface area contributed by atoms with Crippen LogP contribution in [0.3, 0.4) is 0 Å². The fourth-order valence-electron chi connectivity index (χ4n) is 1.53. The highest BCUT2D eigenvalue weighted by atomic mass is 35.5. The SMILES string of the molecule is COc1cc(-c2noc(C(C)=O)n2)cc(Cl)c1OC. The molecule has 0 saturated carbocycles. The van der Waals surface area contributed by atoms with Crippen LogP contribution in [0.1, 0.15) is 17.6 Å². The average Bonchev–Trinajstić information content (AvgIpc) is 2.87. The summed E-state index contributed by atoms with van der Waals surface area (Å²) in [5.41, 5.74) is 0.568. The number of halogens is 1. The zero-order valence-electron chi connectivity index (χ0n) is 10.6. The third-order valence-corrected chi connectivity index (χ3v) is 2.70. The van der Waals surface area contributed by atoms with E-state index in [1.54, 1.807) is 12.1 Å². The molecule has 0 amide bonds. The number of hydrogen-bond acceptors (Lipinski definition) is 6. The van der Waals surface area contributed by atoms with Crippen LogP contribution in [0.15, 0.2) is 16.7 Å². The molecule has 19 heavy (non-hydrogen) atoms. The first-order valence-corrected chi connectivity index (χ1v) is 5.71. The molecule has 0 N–H and O–H groups in total. The summed E-state index contributed by atoms with van der Waals surface area (Å²) in [7, 11) is 2.99. The predicted molar refractivity (Wildman–Crippen MR) is 67.9 cm³/mol. The molecular weight excluding hydrogens is 272 g/mol. The van der Waals surface area contributed by atoms with Crippen molar-refractivity contribution >= 4 is 17.4 Å². The number of ether oxygens (including phenoxy) is 2. The highest BCUT2D eigenvalue weighted by molar-refractivity contribution is 6.32. The van der Waals surface area contributed by atoms with E-state index < -0.39 is 0 Å². The number of hydrogen-bond donors (Lipinski definition) is 0. The normalized spacial score (nSPS) is 10.3. The first kappa shape index (κ1) is 13.4. The Hall–Kier alpha value is -2.08. The van der Waals surface area contributed by atoms with Gasteiger partial charge in [0.05, 0.1) is 19.2 Å². The van der Waals surface area contributed by atoms with Gasteiger partial charge in [-0.1, -0.05) is 16.8 Å². The van der Waals surface area contributed by atoms with E-state index in [4.69, 9.17) is 25.6 Å². The Labute approximate surface area is 114 Å². The fourth-order valence-corrected chi connectivity index (χ4v) is 1.82. The Morgan fingerprint density at radius 2 is 2.05 bits per heavy atom. The third kappa shape index (κ3) is 2.53. The maximum atomic E-state index is 11.1. The minimum Gasteiger partial charge on any atom is -0.493 e. The first-order chi connectivity index (χ1) is 9.06. The van der Waals surface area contributed by atoms with E-state index in [9.17, 15) is 4.79 Å². The number of carbonyl (C=O) groups excluding carboxylic acids is 1. The molecule has 0 saturated heterocycles. The molecule has 1 aromatic carbocycles. The lowest BCUT2D eigenvalue weighted by Crippen LogP contribution is -1.94. The van der Waals surface area contributed by atoms with Crippen LogP contribution in [0.25, 0.3) is 11.4 Å². The van der Waals surface area contributed by atoms with Crippen LogP contribution in [-0.2, 0) is 0 Å². The lowest BCUT2D eigenvalue weighted by Gasteiger charge is -2.10. The maximum absolute atomic E-state index is 11.1. The molecule has 0 radical (unpaired) electrons. The van der Waals surface area contributed by atoms with E-state index in [1.807, 2.05) is 0 Å². The number of rotatable bonds is 4. The van der Waals surface area contributed by atoms with Gasteiger partial charge < -0.3 is 14.0 Å². The van der Waals surface area contributed by atoms with Gasteiger partial charge in [0.1, 0.15) is 0 Å². The van der Waals surface area contributed by atoms with Gasteiger partial charge in [0.2, 0.25) is 11.6 Å². The van der Waals surface area contributed by atoms with Crippen molar-refractivity contribution in [3.63, 3.8) is 0 Å². The fraction of sp³-hybridized carbons (Fsp3) is 0.250. The number of ketones is 1. The van der Waals surface area contributed by atoms with Crippen LogP contribution in [0.2, 0.25) is 5.02 Å². The van der Waals surface area contributed by atoms with Crippen LogP contribution in [0.5, 0.6) is 11.5 Å². The average molecular weight is 283 g/mol. The topological polar surface area (TPSA) is 74.5 Å². The quantitative estimate of drug-likeness (QED) is 0.803. The highest BCUT2D eigenvalue weighted by Gasteiger charge is 2.16. The monoisotopic (exact) mass is 282 g/mol. The molecule has 2 aromatic rings. The molecule has 0 aliphatic carbocycles. The molecule has 0 aliphatic heterocycles. The van der Waals surface area contributed by atoms with Gasteiger partial charge in [-0.15, -0.1) is 0 Å². The van der Waals surface area contributed by atoms with Crippen LogP contribution in [0.4, 0.5) is 0 Å². The van der Waals surface area contributed by atoms with E-state index in [1.165, 1.54) is 21.1 Å². The molecule has 0 bridgehead atoms. The Morgan fingerprint density at radius 1 is 1.32 bits per heavy atom. The van der Waals surface area contributed by atoms with E-state index >= 15 is 0 Å². The summed E-state index contributed by atoms with van der Waals surface area (Å²) in [4.78, 5) is 15.1. The van der Waals surface area contributed by atoms with Crippen LogP contribution in [0, 0.1) is 0 Å². The van der Waals surface area contributed by atoms with Crippen molar-refractivity contribution < 1.29 is 18.8 Å². The molecule has 0 spiro atoms. The third-order valence-electron chi connectivity index (χ3n) is 2.42. The number of Topliss-reactive ketones (excluding diaryl/α,β-unsaturated/α-hetero) is 1. The minimum atomic E-state index is -0.301. The summed E-state index contributed by atoms with van der Waals surface area (Å²) in [6, 6.07) is 3.26. The van der Waals surface area contributed by atoms with Gasteiger partial charge in [-0.2, -0.15) is 4.98 Å². The summed E-state index contributed by atoms with van der Waals surface area (Å²) in [5.74, 6) is 0.765. The van der Waals surface area contributed by atoms with Crippen molar-refractivity contribution in [2.45, 2.75) is 6.92 Å². The Kier molecular flexibility index (Phi) is 3.71. The second-order valence-corrected chi connectivity index (χ2v) is 4.08. The Balaban J connectivity index is 2.50. The molecule has 0 atom stereocenters. The second-order valence-electron chi connectivity index (χ2n) is 3.67. The summed E-state index contributed by atoms with van der Waals surface area (Å²) < 4.78 is 15.1. The Bertz CT molecular complexity index is 624. The largest absolute Gasteiger partial charge is 0.493 e. The molecule has 7 heteroatoms. The maximum Gasteiger partial charge on any atom is 0.294 e. The van der Waals surface area contributed by atoms with Crippen LogP contribution in [-0.4, -0.2) is 30.1 Å². The van der Waals surface area contributed by atoms with Crippen molar-refractivity contribution in [1.29, 1.82) is 0 Å². The standard InChI is InChI=1S/C12H11ClN2O4/c1-6(16)12-14-11(15-19-12)7-4-8(13)10(18-3)9(5-7)17-2/h4-5H,1-3H3. The second kappa shape index (κ2) is 5.27. The molecule has 0 unspecified atom stereocenters. The number of nitrogens with zero attached hydrogens (tertiary/aromatic N) is 2. The van der Waals surface area contributed by atoms with Crippen molar-refractivity contribution in [3.05, 3.63) is 23.0 Å². The van der Waals surface area contributed by atoms with E-state index in [0.29, 0.717) is 22.1 Å². The molecule has 1 heterocycles. The first-order valence-electron chi connectivity index (χ1n) is 5.33. The minimum absolute atomic E-state index is 0.0547. The Morgan fingerprint density at radius 3 is 2.58 bits per heavy atom. The van der Waals surface area contributed by atoms with Gasteiger partial charge in [0.25, 0.3) is 5.89 Å². The summed E-state index contributed by atoms with van der Waals surface area (Å²) in [6.07, 6.45) is 0. The van der Waals surface area contributed by atoms with Gasteiger partial charge >= 0.3 is 0 Å². The molecule has 1 aromatic heterocycles. The highest BCUT2D eigenvalue weighted by Crippen LogP contribution is 2.38. The molecule has 100 valence electrons. The molecule has 0 aliphatic rings. The smallest absolute Gasteiger partial charge is 0.294 e. The van der Waals surface area contributed by atoms with Gasteiger partial charge in [-0.05, 0) is 12.1 Å².